The van der Waals surface area contributed by atoms with Gasteiger partial charge in [0.2, 0.25) is 5.95 Å². The number of aromatic nitrogens is 5. The Balaban J connectivity index is 1.20. The van der Waals surface area contributed by atoms with Gasteiger partial charge in [-0.1, -0.05) is 18.2 Å². The highest BCUT2D eigenvalue weighted by atomic mass is 16.5. The first-order valence-corrected chi connectivity index (χ1v) is 11.7. The Morgan fingerprint density at radius 1 is 0.972 bits per heavy atom. The van der Waals surface area contributed by atoms with Gasteiger partial charge in [-0.2, -0.15) is 4.98 Å². The Hall–Kier alpha value is -4.44. The van der Waals surface area contributed by atoms with E-state index in [1.165, 1.54) is 0 Å². The smallest absolute Gasteiger partial charge is 0.310 e. The van der Waals surface area contributed by atoms with Gasteiger partial charge in [0.25, 0.3) is 0 Å². The fourth-order valence-electron chi connectivity index (χ4n) is 3.78. The molecule has 4 aromatic rings. The summed E-state index contributed by atoms with van der Waals surface area (Å²) in [7, 11) is 0. The van der Waals surface area contributed by atoms with E-state index in [0.717, 1.165) is 29.9 Å². The number of aryl methyl sites for hydroxylation is 1. The molecule has 1 aliphatic rings. The second-order valence-electron chi connectivity index (χ2n) is 8.44. The molecule has 4 heterocycles. The number of esters is 1. The van der Waals surface area contributed by atoms with Gasteiger partial charge in [-0.15, -0.1) is 0 Å². The molecule has 0 radical (unpaired) electrons. The van der Waals surface area contributed by atoms with Crippen LogP contribution in [0.2, 0.25) is 0 Å². The number of ether oxygens (including phenoxy) is 1. The Kier molecular flexibility index (Phi) is 7.04. The monoisotopic (exact) mass is 482 g/mol. The van der Waals surface area contributed by atoms with Crippen LogP contribution in [0.1, 0.15) is 17.7 Å². The largest absolute Gasteiger partial charge is 0.461 e. The zero-order valence-corrected chi connectivity index (χ0v) is 19.8. The van der Waals surface area contributed by atoms with Crippen LogP contribution in [-0.4, -0.2) is 44.0 Å². The van der Waals surface area contributed by atoms with Crippen LogP contribution in [0, 0.1) is 12.8 Å². The van der Waals surface area contributed by atoms with Crippen molar-refractivity contribution in [2.45, 2.75) is 20.0 Å². The van der Waals surface area contributed by atoms with Crippen molar-refractivity contribution in [3.63, 3.8) is 0 Å². The standard InChI is InChI=1S/C26H26N8O2/c1-17-3-2-4-21(30-17)24-28-13-10-22(33-24)32-23-11-14-29-26(34-23)31-20-7-5-18(6-8-20)16-36-25(35)19-9-12-27-15-19/h2-8,10-11,13-14,19,27H,9,12,15-16H2,1H3,(H2,28,29,31,32,33,34). The minimum absolute atomic E-state index is 0.0443. The maximum Gasteiger partial charge on any atom is 0.310 e. The van der Waals surface area contributed by atoms with Gasteiger partial charge in [0.15, 0.2) is 5.82 Å². The third-order valence-electron chi connectivity index (χ3n) is 5.67. The van der Waals surface area contributed by atoms with Crippen molar-refractivity contribution in [1.82, 2.24) is 30.2 Å². The van der Waals surface area contributed by atoms with Crippen LogP contribution in [0.4, 0.5) is 23.3 Å². The summed E-state index contributed by atoms with van der Waals surface area (Å²) >= 11 is 0. The predicted octanol–water partition coefficient (Wildman–Crippen LogP) is 3.78. The molecule has 1 aliphatic heterocycles. The van der Waals surface area contributed by atoms with E-state index in [2.05, 4.69) is 40.9 Å². The lowest BCUT2D eigenvalue weighted by atomic mass is 10.1. The van der Waals surface area contributed by atoms with Gasteiger partial charge in [0, 0.05) is 30.3 Å². The Labute approximate surface area is 208 Å². The molecule has 0 amide bonds. The molecule has 1 atom stereocenters. The minimum Gasteiger partial charge on any atom is -0.461 e. The van der Waals surface area contributed by atoms with Gasteiger partial charge < -0.3 is 20.7 Å². The van der Waals surface area contributed by atoms with Gasteiger partial charge in [-0.25, -0.2) is 19.9 Å². The number of hydrogen-bond donors (Lipinski definition) is 3. The second-order valence-corrected chi connectivity index (χ2v) is 8.44. The van der Waals surface area contributed by atoms with Crippen molar-refractivity contribution in [3.05, 3.63) is 78.2 Å². The Morgan fingerprint density at radius 3 is 2.56 bits per heavy atom. The molecule has 1 unspecified atom stereocenters. The predicted molar refractivity (Wildman–Crippen MR) is 136 cm³/mol. The molecule has 182 valence electrons. The molecule has 0 spiro atoms. The van der Waals surface area contributed by atoms with Crippen LogP contribution in [-0.2, 0) is 16.1 Å². The quantitative estimate of drug-likeness (QED) is 0.319. The van der Waals surface area contributed by atoms with Gasteiger partial charge in [0.05, 0.1) is 5.92 Å². The minimum atomic E-state index is -0.147. The summed E-state index contributed by atoms with van der Waals surface area (Å²) in [4.78, 5) is 34.3. The highest BCUT2D eigenvalue weighted by Gasteiger charge is 2.23. The highest BCUT2D eigenvalue weighted by molar-refractivity contribution is 5.73. The topological polar surface area (TPSA) is 127 Å². The average Bonchev–Trinajstić information content (AvgIpc) is 3.44. The number of nitrogens with zero attached hydrogens (tertiary/aromatic N) is 5. The highest BCUT2D eigenvalue weighted by Crippen LogP contribution is 2.20. The van der Waals surface area contributed by atoms with E-state index in [4.69, 9.17) is 4.74 Å². The zero-order valence-electron chi connectivity index (χ0n) is 19.8. The van der Waals surface area contributed by atoms with Crippen LogP contribution in [0.5, 0.6) is 0 Å². The third-order valence-corrected chi connectivity index (χ3v) is 5.67. The molecule has 5 rings (SSSR count). The number of rotatable bonds is 8. The maximum atomic E-state index is 12.1. The normalized spacial score (nSPS) is 14.9. The first kappa shape index (κ1) is 23.3. The molecule has 3 N–H and O–H groups in total. The number of carbonyl (C=O) groups is 1. The van der Waals surface area contributed by atoms with Gasteiger partial charge in [0.1, 0.15) is 23.9 Å². The first-order chi connectivity index (χ1) is 17.6. The van der Waals surface area contributed by atoms with E-state index in [9.17, 15) is 4.79 Å². The molecule has 0 saturated carbocycles. The number of carbonyl (C=O) groups excluding carboxylic acids is 1. The molecule has 10 nitrogen and oxygen atoms in total. The summed E-state index contributed by atoms with van der Waals surface area (Å²) < 4.78 is 5.44. The van der Waals surface area contributed by atoms with E-state index in [1.54, 1.807) is 24.5 Å². The summed E-state index contributed by atoms with van der Waals surface area (Å²) in [6.07, 6.45) is 4.17. The van der Waals surface area contributed by atoms with Gasteiger partial charge >= 0.3 is 5.97 Å². The van der Waals surface area contributed by atoms with E-state index in [-0.39, 0.29) is 18.5 Å². The fraction of sp³-hybridized carbons (Fsp3) is 0.231. The van der Waals surface area contributed by atoms with Crippen LogP contribution in [0.3, 0.4) is 0 Å². The molecule has 1 fully saturated rings. The zero-order chi connectivity index (χ0) is 24.7. The van der Waals surface area contributed by atoms with E-state index in [1.807, 2.05) is 49.4 Å². The van der Waals surface area contributed by atoms with Crippen molar-refractivity contribution >= 4 is 29.2 Å². The van der Waals surface area contributed by atoms with Crippen LogP contribution < -0.4 is 16.0 Å². The van der Waals surface area contributed by atoms with Gasteiger partial charge in [-0.3, -0.25) is 4.79 Å². The molecule has 36 heavy (non-hydrogen) atoms. The van der Waals surface area contributed by atoms with Crippen LogP contribution >= 0.6 is 0 Å². The lowest BCUT2D eigenvalue weighted by Crippen LogP contribution is -2.20. The maximum absolute atomic E-state index is 12.1. The van der Waals surface area contributed by atoms with E-state index in [0.29, 0.717) is 35.6 Å². The van der Waals surface area contributed by atoms with Crippen molar-refractivity contribution in [3.8, 4) is 11.5 Å². The fourth-order valence-corrected chi connectivity index (χ4v) is 3.78. The lowest BCUT2D eigenvalue weighted by Gasteiger charge is -2.11. The summed E-state index contributed by atoms with van der Waals surface area (Å²) in [6, 6.07) is 16.9. The molecule has 0 aliphatic carbocycles. The Bertz CT molecular complexity index is 1340. The van der Waals surface area contributed by atoms with Crippen molar-refractivity contribution in [1.29, 1.82) is 0 Å². The molecule has 1 saturated heterocycles. The summed E-state index contributed by atoms with van der Waals surface area (Å²) in [5.41, 5.74) is 3.34. The number of pyridine rings is 1. The first-order valence-electron chi connectivity index (χ1n) is 11.7. The SMILES string of the molecule is Cc1cccc(-c2nccc(Nc3ccnc(Nc4ccc(COC(=O)C5CCNC5)cc4)n3)n2)n1. The number of hydrogen-bond acceptors (Lipinski definition) is 10. The Morgan fingerprint density at radius 2 is 1.78 bits per heavy atom. The summed E-state index contributed by atoms with van der Waals surface area (Å²) in [5, 5.41) is 9.56. The van der Waals surface area contributed by atoms with E-state index < -0.39 is 0 Å². The molecular formula is C26H26N8O2. The third kappa shape index (κ3) is 5.97. The van der Waals surface area contributed by atoms with Crippen molar-refractivity contribution in [2.75, 3.05) is 23.7 Å². The molecular weight excluding hydrogens is 456 g/mol. The lowest BCUT2D eigenvalue weighted by molar-refractivity contribution is -0.149. The second kappa shape index (κ2) is 10.9. The molecule has 0 bridgehead atoms. The number of nitrogens with one attached hydrogen (secondary N) is 3. The summed E-state index contributed by atoms with van der Waals surface area (Å²) in [6.45, 7) is 3.74. The molecule has 1 aromatic carbocycles. The van der Waals surface area contributed by atoms with Crippen molar-refractivity contribution < 1.29 is 9.53 Å². The molecule has 3 aromatic heterocycles. The number of anilines is 4. The average molecular weight is 483 g/mol. The van der Waals surface area contributed by atoms with Gasteiger partial charge in [-0.05, 0) is 61.9 Å². The molecule has 10 heteroatoms. The van der Waals surface area contributed by atoms with E-state index >= 15 is 0 Å². The number of benzene rings is 1. The van der Waals surface area contributed by atoms with Crippen LogP contribution in [0.25, 0.3) is 11.5 Å². The van der Waals surface area contributed by atoms with Crippen molar-refractivity contribution in [2.24, 2.45) is 5.92 Å². The van der Waals surface area contributed by atoms with Crippen LogP contribution in [0.15, 0.2) is 67.0 Å². The summed E-state index contributed by atoms with van der Waals surface area (Å²) in [5.74, 6) is 1.95.